The van der Waals surface area contributed by atoms with Gasteiger partial charge in [0.25, 0.3) is 0 Å². The molecule has 3 aliphatic rings. The number of fused-ring (bicyclic) bond motifs is 1. The molecule has 2 saturated heterocycles. The zero-order valence-corrected chi connectivity index (χ0v) is 10.2. The number of rotatable bonds is 0. The Labute approximate surface area is 94.7 Å². The predicted octanol–water partition coefficient (Wildman–Crippen LogP) is 2.79. The molecule has 1 saturated carbocycles. The fraction of sp³-hybridized carbons (Fsp3) is 1.00. The summed E-state index contributed by atoms with van der Waals surface area (Å²) in [6.45, 7) is 2.07. The summed E-state index contributed by atoms with van der Waals surface area (Å²) in [4.78, 5) is 0. The first kappa shape index (κ1) is 9.86. The molecule has 3 heteroatoms. The van der Waals surface area contributed by atoms with Crippen LogP contribution in [0.3, 0.4) is 0 Å². The Balaban J connectivity index is 1.67. The molecule has 0 aromatic rings. The van der Waals surface area contributed by atoms with Crippen LogP contribution in [0.4, 0.5) is 0 Å². The van der Waals surface area contributed by atoms with Gasteiger partial charge in [0.05, 0.1) is 13.2 Å². The lowest BCUT2D eigenvalue weighted by Gasteiger charge is -2.40. The van der Waals surface area contributed by atoms with Crippen molar-refractivity contribution in [3.8, 4) is 0 Å². The van der Waals surface area contributed by atoms with Gasteiger partial charge in [-0.1, -0.05) is 12.8 Å². The first-order valence-electron chi connectivity index (χ1n) is 5.69. The summed E-state index contributed by atoms with van der Waals surface area (Å²) in [5.74, 6) is 2.72. The molecule has 1 nitrogen and oxygen atoms in total. The monoisotopic (exact) mass is 230 g/mol. The minimum atomic E-state index is 0.576. The fourth-order valence-corrected chi connectivity index (χ4v) is 6.25. The van der Waals surface area contributed by atoms with Gasteiger partial charge in [-0.2, -0.15) is 23.5 Å². The molecule has 80 valence electrons. The first-order valence-corrected chi connectivity index (χ1v) is 7.79. The number of hydrogen-bond donors (Lipinski definition) is 0. The molecule has 14 heavy (non-hydrogen) atoms. The molecule has 1 spiro atoms. The molecule has 0 amide bonds. The summed E-state index contributed by atoms with van der Waals surface area (Å²) >= 11 is 4.50. The summed E-state index contributed by atoms with van der Waals surface area (Å²) in [5, 5.41) is 1.93. The van der Waals surface area contributed by atoms with Gasteiger partial charge in [0.1, 0.15) is 0 Å². The SMILES string of the molecule is C1CC[C@H]2SCC3(COC3)CS[C@@H]2C1. The van der Waals surface area contributed by atoms with E-state index in [-0.39, 0.29) is 0 Å². The van der Waals surface area contributed by atoms with Gasteiger partial charge in [0.15, 0.2) is 0 Å². The largest absolute Gasteiger partial charge is 0.380 e. The average Bonchev–Trinajstić information content (AvgIpc) is 2.36. The summed E-state index contributed by atoms with van der Waals surface area (Å²) in [5.41, 5.74) is 0.576. The maximum Gasteiger partial charge on any atom is 0.0560 e. The zero-order chi connectivity index (χ0) is 9.43. The molecule has 0 unspecified atom stereocenters. The van der Waals surface area contributed by atoms with Crippen LogP contribution in [-0.4, -0.2) is 35.2 Å². The second-order valence-electron chi connectivity index (χ2n) is 4.98. The van der Waals surface area contributed by atoms with E-state index in [1.807, 2.05) is 0 Å². The molecule has 0 aromatic carbocycles. The van der Waals surface area contributed by atoms with E-state index in [0.29, 0.717) is 5.41 Å². The minimum absolute atomic E-state index is 0.576. The fourth-order valence-electron chi connectivity index (χ4n) is 2.61. The second kappa shape index (κ2) is 3.91. The molecule has 2 heterocycles. The van der Waals surface area contributed by atoms with Crippen molar-refractivity contribution in [2.24, 2.45) is 5.41 Å². The van der Waals surface area contributed by atoms with Crippen LogP contribution in [0.5, 0.6) is 0 Å². The normalized spacial score (nSPS) is 41.1. The summed E-state index contributed by atoms with van der Waals surface area (Å²) < 4.78 is 5.40. The lowest BCUT2D eigenvalue weighted by atomic mass is 9.91. The molecule has 0 aromatic heterocycles. The summed E-state index contributed by atoms with van der Waals surface area (Å²) in [6, 6.07) is 0. The standard InChI is InChI=1S/C11H18OS2/c1-2-4-10-9(3-1)13-7-11(8-14-10)5-12-6-11/h9-10H,1-8H2/t9-,10-/m1/s1. The van der Waals surface area contributed by atoms with Crippen LogP contribution in [-0.2, 0) is 4.74 Å². The van der Waals surface area contributed by atoms with E-state index in [2.05, 4.69) is 23.5 Å². The number of thioether (sulfide) groups is 2. The second-order valence-corrected chi connectivity index (χ2v) is 7.43. The van der Waals surface area contributed by atoms with Crippen molar-refractivity contribution in [3.63, 3.8) is 0 Å². The van der Waals surface area contributed by atoms with Gasteiger partial charge >= 0.3 is 0 Å². The van der Waals surface area contributed by atoms with E-state index in [1.54, 1.807) is 0 Å². The lowest BCUT2D eigenvalue weighted by Crippen LogP contribution is -2.46. The maximum atomic E-state index is 5.40. The van der Waals surface area contributed by atoms with Crippen LogP contribution in [0.25, 0.3) is 0 Å². The van der Waals surface area contributed by atoms with Crippen LogP contribution in [0.15, 0.2) is 0 Å². The summed E-state index contributed by atoms with van der Waals surface area (Å²) in [7, 11) is 0. The van der Waals surface area contributed by atoms with Crippen LogP contribution >= 0.6 is 23.5 Å². The summed E-state index contributed by atoms with van der Waals surface area (Å²) in [6.07, 6.45) is 5.88. The highest BCUT2D eigenvalue weighted by Gasteiger charge is 2.43. The highest BCUT2D eigenvalue weighted by molar-refractivity contribution is 8.04. The Morgan fingerprint density at radius 1 is 0.929 bits per heavy atom. The van der Waals surface area contributed by atoms with Crippen molar-refractivity contribution >= 4 is 23.5 Å². The first-order chi connectivity index (χ1) is 6.88. The van der Waals surface area contributed by atoms with E-state index < -0.39 is 0 Å². The van der Waals surface area contributed by atoms with Crippen molar-refractivity contribution in [1.82, 2.24) is 0 Å². The van der Waals surface area contributed by atoms with Crippen molar-refractivity contribution in [1.29, 1.82) is 0 Å². The molecular formula is C11H18OS2. The smallest absolute Gasteiger partial charge is 0.0560 e. The highest BCUT2D eigenvalue weighted by Crippen LogP contribution is 2.47. The topological polar surface area (TPSA) is 9.23 Å². The van der Waals surface area contributed by atoms with Crippen molar-refractivity contribution in [3.05, 3.63) is 0 Å². The highest BCUT2D eigenvalue weighted by atomic mass is 32.2. The Hall–Kier alpha value is 0.660. The van der Waals surface area contributed by atoms with Gasteiger partial charge in [-0.25, -0.2) is 0 Å². The van der Waals surface area contributed by atoms with Crippen LogP contribution in [0, 0.1) is 5.41 Å². The van der Waals surface area contributed by atoms with Crippen LogP contribution in [0.1, 0.15) is 25.7 Å². The van der Waals surface area contributed by atoms with Gasteiger partial charge in [-0.15, -0.1) is 0 Å². The van der Waals surface area contributed by atoms with Crippen molar-refractivity contribution in [2.45, 2.75) is 36.2 Å². The molecule has 2 aliphatic heterocycles. The van der Waals surface area contributed by atoms with E-state index in [9.17, 15) is 0 Å². The quantitative estimate of drug-likeness (QED) is 0.633. The Morgan fingerprint density at radius 2 is 1.50 bits per heavy atom. The Morgan fingerprint density at radius 3 is 1.93 bits per heavy atom. The van der Waals surface area contributed by atoms with Gasteiger partial charge < -0.3 is 4.74 Å². The predicted molar refractivity (Wildman–Crippen MR) is 64.2 cm³/mol. The van der Waals surface area contributed by atoms with Gasteiger partial charge in [-0.3, -0.25) is 0 Å². The number of ether oxygens (including phenoxy) is 1. The molecule has 3 fully saturated rings. The van der Waals surface area contributed by atoms with Gasteiger partial charge in [0.2, 0.25) is 0 Å². The van der Waals surface area contributed by atoms with Gasteiger partial charge in [-0.05, 0) is 12.8 Å². The van der Waals surface area contributed by atoms with Crippen LogP contribution in [0.2, 0.25) is 0 Å². The maximum absolute atomic E-state index is 5.40. The molecule has 2 atom stereocenters. The zero-order valence-electron chi connectivity index (χ0n) is 8.54. The lowest BCUT2D eigenvalue weighted by molar-refractivity contribution is -0.0828. The van der Waals surface area contributed by atoms with E-state index >= 15 is 0 Å². The Kier molecular flexibility index (Phi) is 2.75. The molecule has 1 aliphatic carbocycles. The van der Waals surface area contributed by atoms with Crippen molar-refractivity contribution < 1.29 is 4.74 Å². The average molecular weight is 230 g/mol. The molecule has 3 rings (SSSR count). The third-order valence-electron chi connectivity index (χ3n) is 3.67. The third kappa shape index (κ3) is 1.72. The third-order valence-corrected chi connectivity index (χ3v) is 7.38. The van der Waals surface area contributed by atoms with Crippen LogP contribution < -0.4 is 0 Å². The van der Waals surface area contributed by atoms with E-state index in [0.717, 1.165) is 23.7 Å². The molecule has 0 radical (unpaired) electrons. The van der Waals surface area contributed by atoms with Gasteiger partial charge in [0, 0.05) is 27.4 Å². The minimum Gasteiger partial charge on any atom is -0.380 e. The van der Waals surface area contributed by atoms with Crippen molar-refractivity contribution in [2.75, 3.05) is 24.7 Å². The molecule has 0 N–H and O–H groups in total. The van der Waals surface area contributed by atoms with E-state index in [1.165, 1.54) is 37.2 Å². The molecule has 0 bridgehead atoms. The number of hydrogen-bond acceptors (Lipinski definition) is 3. The van der Waals surface area contributed by atoms with E-state index in [4.69, 9.17) is 4.74 Å². The Bertz CT molecular complexity index is 197. The molecular weight excluding hydrogens is 212 g/mol.